The van der Waals surface area contributed by atoms with Gasteiger partial charge in [0.05, 0.1) is 30.5 Å². The van der Waals surface area contributed by atoms with Gasteiger partial charge in [-0.15, -0.1) is 0 Å². The highest BCUT2D eigenvalue weighted by molar-refractivity contribution is 5.88. The number of benzene rings is 1. The molecule has 7 heteroatoms. The molecule has 3 aromatic rings. The summed E-state index contributed by atoms with van der Waals surface area (Å²) in [5.74, 6) is 0.676. The molecule has 2 heterocycles. The average Bonchev–Trinajstić information content (AvgIpc) is 3.42. The summed E-state index contributed by atoms with van der Waals surface area (Å²) < 4.78 is 3.85. The van der Waals surface area contributed by atoms with E-state index in [2.05, 4.69) is 20.8 Å². The first-order chi connectivity index (χ1) is 13.7. The van der Waals surface area contributed by atoms with E-state index in [1.54, 1.807) is 4.68 Å². The SMILES string of the molecule is Cc1cc(NC(=O)NCc2ccn(C3CCCC3)n2)n(Cc2ccccc2)n1. The van der Waals surface area contributed by atoms with Gasteiger partial charge in [0.25, 0.3) is 0 Å². The molecule has 1 aromatic carbocycles. The number of nitrogens with zero attached hydrogens (tertiary/aromatic N) is 4. The summed E-state index contributed by atoms with van der Waals surface area (Å²) >= 11 is 0. The van der Waals surface area contributed by atoms with Gasteiger partial charge in [0, 0.05) is 12.3 Å². The molecule has 7 nitrogen and oxygen atoms in total. The maximum Gasteiger partial charge on any atom is 0.320 e. The van der Waals surface area contributed by atoms with Crippen molar-refractivity contribution in [2.45, 2.75) is 51.7 Å². The number of hydrogen-bond donors (Lipinski definition) is 2. The number of nitrogens with one attached hydrogen (secondary N) is 2. The Morgan fingerprint density at radius 1 is 1.14 bits per heavy atom. The van der Waals surface area contributed by atoms with Crippen LogP contribution in [-0.4, -0.2) is 25.6 Å². The Hall–Kier alpha value is -3.09. The summed E-state index contributed by atoms with van der Waals surface area (Å²) in [5, 5.41) is 14.9. The van der Waals surface area contributed by atoms with E-state index in [4.69, 9.17) is 0 Å². The lowest BCUT2D eigenvalue weighted by Gasteiger charge is -2.10. The number of rotatable bonds is 6. The summed E-state index contributed by atoms with van der Waals surface area (Å²) in [7, 11) is 0. The molecule has 2 aromatic heterocycles. The van der Waals surface area contributed by atoms with Gasteiger partial charge < -0.3 is 5.32 Å². The monoisotopic (exact) mass is 378 g/mol. The summed E-state index contributed by atoms with van der Waals surface area (Å²) in [6, 6.07) is 14.2. The van der Waals surface area contributed by atoms with Gasteiger partial charge in [0.1, 0.15) is 5.82 Å². The van der Waals surface area contributed by atoms with Crippen molar-refractivity contribution in [3.8, 4) is 0 Å². The highest BCUT2D eigenvalue weighted by Crippen LogP contribution is 2.28. The molecule has 1 aliphatic rings. The van der Waals surface area contributed by atoms with Gasteiger partial charge >= 0.3 is 6.03 Å². The second-order valence-electron chi connectivity index (χ2n) is 7.35. The van der Waals surface area contributed by atoms with Crippen LogP contribution in [0.3, 0.4) is 0 Å². The Kier molecular flexibility index (Phi) is 5.41. The van der Waals surface area contributed by atoms with Crippen molar-refractivity contribution >= 4 is 11.8 Å². The Balaban J connectivity index is 1.34. The van der Waals surface area contributed by atoms with Crippen LogP contribution in [0, 0.1) is 6.92 Å². The van der Waals surface area contributed by atoms with Crippen LogP contribution in [-0.2, 0) is 13.1 Å². The Bertz CT molecular complexity index is 924. The van der Waals surface area contributed by atoms with Crippen LogP contribution in [0.4, 0.5) is 10.6 Å². The lowest BCUT2D eigenvalue weighted by atomic mass is 10.2. The van der Waals surface area contributed by atoms with Crippen LogP contribution in [0.2, 0.25) is 0 Å². The fourth-order valence-corrected chi connectivity index (χ4v) is 3.70. The lowest BCUT2D eigenvalue weighted by molar-refractivity contribution is 0.251. The van der Waals surface area contributed by atoms with Gasteiger partial charge in [-0.1, -0.05) is 43.2 Å². The van der Waals surface area contributed by atoms with E-state index < -0.39 is 0 Å². The molecule has 1 fully saturated rings. The molecule has 0 radical (unpaired) electrons. The zero-order chi connectivity index (χ0) is 19.3. The predicted octanol–water partition coefficient (Wildman–Crippen LogP) is 3.87. The molecule has 0 bridgehead atoms. The highest BCUT2D eigenvalue weighted by Gasteiger charge is 2.17. The Morgan fingerprint density at radius 2 is 1.93 bits per heavy atom. The van der Waals surface area contributed by atoms with Crippen LogP contribution >= 0.6 is 0 Å². The Labute approximate surface area is 164 Å². The molecule has 0 spiro atoms. The first-order valence-electron chi connectivity index (χ1n) is 9.84. The molecule has 28 heavy (non-hydrogen) atoms. The topological polar surface area (TPSA) is 76.8 Å². The third-order valence-corrected chi connectivity index (χ3v) is 5.11. The van der Waals surface area contributed by atoms with Crippen molar-refractivity contribution in [3.63, 3.8) is 0 Å². The van der Waals surface area contributed by atoms with Crippen LogP contribution in [0.15, 0.2) is 48.7 Å². The predicted molar refractivity (Wildman–Crippen MR) is 108 cm³/mol. The molecule has 0 unspecified atom stereocenters. The molecule has 4 rings (SSSR count). The summed E-state index contributed by atoms with van der Waals surface area (Å²) in [6.45, 7) is 2.92. The molecular formula is C21H26N6O. The minimum atomic E-state index is -0.260. The Morgan fingerprint density at radius 3 is 2.71 bits per heavy atom. The van der Waals surface area contributed by atoms with Crippen molar-refractivity contribution in [2.24, 2.45) is 0 Å². The summed E-state index contributed by atoms with van der Waals surface area (Å²) in [4.78, 5) is 12.4. The molecule has 146 valence electrons. The second-order valence-corrected chi connectivity index (χ2v) is 7.35. The lowest BCUT2D eigenvalue weighted by Crippen LogP contribution is -2.29. The molecule has 0 atom stereocenters. The maximum atomic E-state index is 12.4. The van der Waals surface area contributed by atoms with Crippen LogP contribution in [0.25, 0.3) is 0 Å². The molecule has 1 saturated carbocycles. The van der Waals surface area contributed by atoms with E-state index in [0.29, 0.717) is 24.9 Å². The summed E-state index contributed by atoms with van der Waals surface area (Å²) in [5.41, 5.74) is 2.86. The van der Waals surface area contributed by atoms with Gasteiger partial charge in [-0.3, -0.25) is 10.00 Å². The number of carbonyl (C=O) groups excluding carboxylic acids is 1. The van der Waals surface area contributed by atoms with E-state index in [1.165, 1.54) is 25.7 Å². The molecule has 2 N–H and O–H groups in total. The van der Waals surface area contributed by atoms with E-state index in [9.17, 15) is 4.79 Å². The van der Waals surface area contributed by atoms with Crippen molar-refractivity contribution in [1.82, 2.24) is 24.9 Å². The number of carbonyl (C=O) groups is 1. The number of amides is 2. The zero-order valence-electron chi connectivity index (χ0n) is 16.1. The normalized spacial score (nSPS) is 14.3. The number of aromatic nitrogens is 4. The van der Waals surface area contributed by atoms with Gasteiger partial charge in [-0.2, -0.15) is 10.2 Å². The van der Waals surface area contributed by atoms with Crippen molar-refractivity contribution in [2.75, 3.05) is 5.32 Å². The standard InChI is InChI=1S/C21H26N6O/c1-16-13-20(27(24-16)15-17-7-3-2-4-8-17)23-21(28)22-14-18-11-12-26(25-18)19-9-5-6-10-19/h2-4,7-8,11-13,19H,5-6,9-10,14-15H2,1H3,(H2,22,23,28). The van der Waals surface area contributed by atoms with Crippen LogP contribution in [0.5, 0.6) is 0 Å². The first kappa shape index (κ1) is 18.3. The highest BCUT2D eigenvalue weighted by atomic mass is 16.2. The number of urea groups is 1. The second kappa shape index (κ2) is 8.29. The van der Waals surface area contributed by atoms with Crippen molar-refractivity contribution in [3.05, 3.63) is 65.6 Å². The van der Waals surface area contributed by atoms with Gasteiger partial charge in [0.15, 0.2) is 0 Å². The van der Waals surface area contributed by atoms with Crippen LogP contribution in [0.1, 0.15) is 48.7 Å². The van der Waals surface area contributed by atoms with E-state index in [1.807, 2.05) is 60.3 Å². The molecular weight excluding hydrogens is 352 g/mol. The molecule has 2 amide bonds. The van der Waals surface area contributed by atoms with Crippen molar-refractivity contribution < 1.29 is 4.79 Å². The van der Waals surface area contributed by atoms with E-state index >= 15 is 0 Å². The fourth-order valence-electron chi connectivity index (χ4n) is 3.70. The van der Waals surface area contributed by atoms with E-state index in [-0.39, 0.29) is 6.03 Å². The van der Waals surface area contributed by atoms with Gasteiger partial charge in [-0.05, 0) is 31.4 Å². The molecule has 0 aliphatic heterocycles. The number of hydrogen-bond acceptors (Lipinski definition) is 3. The first-order valence-corrected chi connectivity index (χ1v) is 9.84. The third-order valence-electron chi connectivity index (χ3n) is 5.11. The van der Waals surface area contributed by atoms with Crippen molar-refractivity contribution in [1.29, 1.82) is 0 Å². The van der Waals surface area contributed by atoms with Gasteiger partial charge in [0.2, 0.25) is 0 Å². The zero-order valence-corrected chi connectivity index (χ0v) is 16.1. The number of anilines is 1. The minimum absolute atomic E-state index is 0.260. The maximum absolute atomic E-state index is 12.4. The van der Waals surface area contributed by atoms with Gasteiger partial charge in [-0.25, -0.2) is 9.48 Å². The van der Waals surface area contributed by atoms with E-state index in [0.717, 1.165) is 17.0 Å². The number of aryl methyl sites for hydroxylation is 1. The smallest absolute Gasteiger partial charge is 0.320 e. The molecule has 1 aliphatic carbocycles. The molecule has 0 saturated heterocycles. The largest absolute Gasteiger partial charge is 0.332 e. The van der Waals surface area contributed by atoms with Crippen LogP contribution < -0.4 is 10.6 Å². The summed E-state index contributed by atoms with van der Waals surface area (Å²) in [6.07, 6.45) is 6.95. The quantitative estimate of drug-likeness (QED) is 0.683. The fraction of sp³-hybridized carbons (Fsp3) is 0.381. The third kappa shape index (κ3) is 4.42. The average molecular weight is 378 g/mol. The minimum Gasteiger partial charge on any atom is -0.332 e.